The minimum atomic E-state index is -0.439. The molecule has 1 atom stereocenters. The molecule has 0 saturated carbocycles. The Morgan fingerprint density at radius 2 is 1.68 bits per heavy atom. The second-order valence-corrected chi connectivity index (χ2v) is 6.18. The molecule has 1 rings (SSSR count). The average molecular weight is 370 g/mol. The number of hydrogen-bond donors (Lipinski definition) is 2. The first-order valence-corrected chi connectivity index (χ1v) is 9.00. The molecule has 0 aromatic heterocycles. The molecular weight excluding hydrogens is 344 g/mol. The first-order valence-electron chi connectivity index (χ1n) is 8.59. The number of hydrogen-bond acceptors (Lipinski definition) is 6. The van der Waals surface area contributed by atoms with Crippen molar-refractivity contribution in [3.8, 4) is 0 Å². The number of esters is 2. The van der Waals surface area contributed by atoms with E-state index in [-0.39, 0.29) is 24.3 Å². The van der Waals surface area contributed by atoms with Gasteiger partial charge in [-0.3, -0.25) is 9.59 Å². The minimum Gasteiger partial charge on any atom is -0.466 e. The van der Waals surface area contributed by atoms with Crippen LogP contribution in [0.3, 0.4) is 0 Å². The van der Waals surface area contributed by atoms with E-state index in [9.17, 15) is 14.4 Å². The van der Waals surface area contributed by atoms with Gasteiger partial charge in [0.2, 0.25) is 5.91 Å². The molecule has 25 heavy (non-hydrogen) atoms. The lowest BCUT2D eigenvalue weighted by atomic mass is 10.1. The SMILES string of the molecule is C=CC(=O)OCCCCCCCCOC(=O)CCC1NC(=S)NC1=O. The fourth-order valence-corrected chi connectivity index (χ4v) is 2.57. The number of thiocarbonyl (C=S) groups is 1. The van der Waals surface area contributed by atoms with E-state index in [4.69, 9.17) is 21.7 Å². The van der Waals surface area contributed by atoms with Gasteiger partial charge in [-0.05, 0) is 31.5 Å². The lowest BCUT2D eigenvalue weighted by molar-refractivity contribution is -0.144. The molecule has 0 radical (unpaired) electrons. The molecule has 1 amide bonds. The van der Waals surface area contributed by atoms with Crippen LogP contribution in [0.5, 0.6) is 0 Å². The van der Waals surface area contributed by atoms with Gasteiger partial charge in [0, 0.05) is 12.5 Å². The highest BCUT2D eigenvalue weighted by Crippen LogP contribution is 2.07. The lowest BCUT2D eigenvalue weighted by Crippen LogP contribution is -2.29. The van der Waals surface area contributed by atoms with E-state index >= 15 is 0 Å². The zero-order valence-electron chi connectivity index (χ0n) is 14.4. The maximum atomic E-state index is 11.6. The fourth-order valence-electron chi connectivity index (χ4n) is 2.33. The van der Waals surface area contributed by atoms with Crippen LogP contribution in [0.15, 0.2) is 12.7 Å². The van der Waals surface area contributed by atoms with E-state index in [2.05, 4.69) is 17.2 Å². The Bertz CT molecular complexity index is 495. The van der Waals surface area contributed by atoms with Crippen molar-refractivity contribution in [1.29, 1.82) is 0 Å². The van der Waals surface area contributed by atoms with Gasteiger partial charge in [-0.25, -0.2) is 4.79 Å². The van der Waals surface area contributed by atoms with Crippen LogP contribution >= 0.6 is 12.2 Å². The molecule has 1 saturated heterocycles. The monoisotopic (exact) mass is 370 g/mol. The van der Waals surface area contributed by atoms with E-state index in [1.54, 1.807) is 0 Å². The zero-order chi connectivity index (χ0) is 18.5. The largest absolute Gasteiger partial charge is 0.466 e. The number of rotatable bonds is 13. The molecular formula is C17H26N2O5S. The molecule has 1 unspecified atom stereocenters. The van der Waals surface area contributed by atoms with Crippen molar-refractivity contribution in [1.82, 2.24) is 10.6 Å². The molecule has 0 aromatic carbocycles. The van der Waals surface area contributed by atoms with Crippen LogP contribution < -0.4 is 10.6 Å². The molecule has 0 aromatic rings. The van der Waals surface area contributed by atoms with Crippen molar-refractivity contribution in [2.24, 2.45) is 0 Å². The Hall–Kier alpha value is -1.96. The van der Waals surface area contributed by atoms with Gasteiger partial charge in [0.25, 0.3) is 0 Å². The normalized spacial score (nSPS) is 16.1. The summed E-state index contributed by atoms with van der Waals surface area (Å²) in [6, 6.07) is -0.439. The molecule has 7 nitrogen and oxygen atoms in total. The highest BCUT2D eigenvalue weighted by Gasteiger charge is 2.27. The first-order chi connectivity index (χ1) is 12.0. The maximum Gasteiger partial charge on any atom is 0.330 e. The number of ether oxygens (including phenoxy) is 2. The highest BCUT2D eigenvalue weighted by molar-refractivity contribution is 7.80. The summed E-state index contributed by atoms with van der Waals surface area (Å²) < 4.78 is 10.0. The second-order valence-electron chi connectivity index (χ2n) is 5.77. The Balaban J connectivity index is 1.88. The van der Waals surface area contributed by atoms with Crippen molar-refractivity contribution in [3.63, 3.8) is 0 Å². The van der Waals surface area contributed by atoms with Crippen molar-refractivity contribution in [3.05, 3.63) is 12.7 Å². The summed E-state index contributed by atoms with van der Waals surface area (Å²) in [7, 11) is 0. The van der Waals surface area contributed by atoms with E-state index in [0.29, 0.717) is 24.7 Å². The summed E-state index contributed by atoms with van der Waals surface area (Å²) in [6.45, 7) is 4.16. The summed E-state index contributed by atoms with van der Waals surface area (Å²) in [5.74, 6) is -0.873. The van der Waals surface area contributed by atoms with Crippen molar-refractivity contribution >= 4 is 35.2 Å². The van der Waals surface area contributed by atoms with Crippen LogP contribution in [0.2, 0.25) is 0 Å². The molecule has 1 heterocycles. The minimum absolute atomic E-state index is 0.192. The second kappa shape index (κ2) is 12.4. The Kier molecular flexibility index (Phi) is 10.5. The van der Waals surface area contributed by atoms with Crippen molar-refractivity contribution in [2.45, 2.75) is 57.4 Å². The van der Waals surface area contributed by atoms with Gasteiger partial charge < -0.3 is 20.1 Å². The smallest absolute Gasteiger partial charge is 0.330 e. The third-order valence-corrected chi connectivity index (χ3v) is 3.93. The summed E-state index contributed by atoms with van der Waals surface area (Å²) in [5, 5.41) is 5.60. The van der Waals surface area contributed by atoms with Crippen LogP contribution in [0.25, 0.3) is 0 Å². The molecule has 1 aliphatic heterocycles. The van der Waals surface area contributed by atoms with E-state index in [1.165, 1.54) is 0 Å². The van der Waals surface area contributed by atoms with E-state index in [0.717, 1.165) is 44.6 Å². The maximum absolute atomic E-state index is 11.6. The molecule has 2 N–H and O–H groups in total. The third kappa shape index (κ3) is 9.81. The Morgan fingerprint density at radius 3 is 2.24 bits per heavy atom. The van der Waals surface area contributed by atoms with Crippen LogP contribution in [0.4, 0.5) is 0 Å². The fraction of sp³-hybridized carbons (Fsp3) is 0.647. The molecule has 0 spiro atoms. The van der Waals surface area contributed by atoms with Crippen LogP contribution in [-0.2, 0) is 23.9 Å². The van der Waals surface area contributed by atoms with Gasteiger partial charge in [0.1, 0.15) is 6.04 Å². The predicted octanol–water partition coefficient (Wildman–Crippen LogP) is 1.75. The van der Waals surface area contributed by atoms with Crippen LogP contribution in [0, 0.1) is 0 Å². The highest BCUT2D eigenvalue weighted by atomic mass is 32.1. The van der Waals surface area contributed by atoms with Gasteiger partial charge in [0.15, 0.2) is 5.11 Å². The molecule has 0 aliphatic carbocycles. The van der Waals surface area contributed by atoms with Crippen molar-refractivity contribution in [2.75, 3.05) is 13.2 Å². The van der Waals surface area contributed by atoms with Gasteiger partial charge in [-0.15, -0.1) is 0 Å². The summed E-state index contributed by atoms with van der Waals surface area (Å²) >= 11 is 4.83. The topological polar surface area (TPSA) is 93.7 Å². The van der Waals surface area contributed by atoms with Gasteiger partial charge in [-0.1, -0.05) is 32.3 Å². The van der Waals surface area contributed by atoms with Gasteiger partial charge in [-0.2, -0.15) is 0 Å². The predicted molar refractivity (Wildman–Crippen MR) is 96.7 cm³/mol. The van der Waals surface area contributed by atoms with Crippen LogP contribution in [0.1, 0.15) is 51.4 Å². The molecule has 140 valence electrons. The number of amides is 1. The van der Waals surface area contributed by atoms with E-state index in [1.807, 2.05) is 0 Å². The number of unbranched alkanes of at least 4 members (excludes halogenated alkanes) is 5. The Morgan fingerprint density at radius 1 is 1.08 bits per heavy atom. The zero-order valence-corrected chi connectivity index (χ0v) is 15.2. The number of nitrogens with one attached hydrogen (secondary N) is 2. The van der Waals surface area contributed by atoms with Crippen molar-refractivity contribution < 1.29 is 23.9 Å². The number of carbonyl (C=O) groups excluding carboxylic acids is 3. The van der Waals surface area contributed by atoms with Crippen LogP contribution in [-0.4, -0.2) is 42.2 Å². The summed E-state index contributed by atoms with van der Waals surface area (Å²) in [4.78, 5) is 33.9. The molecule has 1 aliphatic rings. The first kappa shape index (κ1) is 21.1. The standard InChI is InChI=1S/C17H26N2O5S/c1-2-14(20)23-11-7-5-3-4-6-8-12-24-15(21)10-9-13-16(22)19-17(25)18-13/h2,13H,1,3-12H2,(H2,18,19,22,25). The van der Waals surface area contributed by atoms with Gasteiger partial charge in [0.05, 0.1) is 13.2 Å². The van der Waals surface area contributed by atoms with Gasteiger partial charge >= 0.3 is 11.9 Å². The average Bonchev–Trinajstić information content (AvgIpc) is 2.91. The Labute approximate surface area is 153 Å². The van der Waals surface area contributed by atoms with E-state index < -0.39 is 6.04 Å². The third-order valence-electron chi connectivity index (χ3n) is 3.71. The molecule has 0 bridgehead atoms. The summed E-state index contributed by atoms with van der Waals surface area (Å²) in [6.07, 6.45) is 7.50. The molecule has 1 fully saturated rings. The molecule has 8 heteroatoms. The number of carbonyl (C=O) groups is 3. The lowest BCUT2D eigenvalue weighted by Gasteiger charge is -2.08. The summed E-state index contributed by atoms with van der Waals surface area (Å²) in [5.41, 5.74) is 0. The quantitative estimate of drug-likeness (QED) is 0.221.